The van der Waals surface area contributed by atoms with Crippen LogP contribution in [0.25, 0.3) is 5.69 Å². The maximum atomic E-state index is 5.87. The molecule has 0 amide bonds. The van der Waals surface area contributed by atoms with E-state index in [0.717, 1.165) is 24.2 Å². The SMILES string of the molecule is NCC1(c2cn(-c3ccccc3)nn2)CCC1. The Bertz CT molecular complexity index is 494. The molecule has 1 fully saturated rings. The van der Waals surface area contributed by atoms with Crippen LogP contribution in [0.2, 0.25) is 0 Å². The Morgan fingerprint density at radius 2 is 2.00 bits per heavy atom. The second-order valence-electron chi connectivity index (χ2n) is 4.72. The molecule has 0 saturated heterocycles. The van der Waals surface area contributed by atoms with E-state index in [0.29, 0.717) is 6.54 Å². The van der Waals surface area contributed by atoms with Gasteiger partial charge in [0.05, 0.1) is 17.6 Å². The minimum absolute atomic E-state index is 0.0903. The molecule has 1 saturated carbocycles. The van der Waals surface area contributed by atoms with E-state index in [9.17, 15) is 0 Å². The molecule has 1 aliphatic carbocycles. The molecule has 1 heterocycles. The van der Waals surface area contributed by atoms with Gasteiger partial charge in [0.2, 0.25) is 0 Å². The van der Waals surface area contributed by atoms with Gasteiger partial charge in [0.25, 0.3) is 0 Å². The summed E-state index contributed by atoms with van der Waals surface area (Å²) in [5.74, 6) is 0. The van der Waals surface area contributed by atoms with E-state index in [1.807, 2.05) is 41.2 Å². The molecule has 17 heavy (non-hydrogen) atoms. The molecule has 4 heteroatoms. The minimum Gasteiger partial charge on any atom is -0.330 e. The standard InChI is InChI=1S/C13H16N4/c14-10-13(7-4-8-13)12-9-17(16-15-12)11-5-2-1-3-6-11/h1-3,5-6,9H,4,7-8,10,14H2. The highest BCUT2D eigenvalue weighted by Crippen LogP contribution is 2.41. The second-order valence-corrected chi connectivity index (χ2v) is 4.72. The number of hydrogen-bond donors (Lipinski definition) is 1. The molecular weight excluding hydrogens is 212 g/mol. The number of benzene rings is 1. The fraction of sp³-hybridized carbons (Fsp3) is 0.385. The number of nitrogens with two attached hydrogens (primary N) is 1. The van der Waals surface area contributed by atoms with Crippen molar-refractivity contribution in [3.8, 4) is 5.69 Å². The lowest BCUT2D eigenvalue weighted by Gasteiger charge is -2.38. The van der Waals surface area contributed by atoms with Crippen molar-refractivity contribution in [1.82, 2.24) is 15.0 Å². The van der Waals surface area contributed by atoms with E-state index in [1.54, 1.807) is 0 Å². The van der Waals surface area contributed by atoms with Crippen molar-refractivity contribution in [3.63, 3.8) is 0 Å². The van der Waals surface area contributed by atoms with E-state index in [4.69, 9.17) is 5.73 Å². The molecule has 2 N–H and O–H groups in total. The van der Waals surface area contributed by atoms with Gasteiger partial charge in [-0.25, -0.2) is 4.68 Å². The largest absolute Gasteiger partial charge is 0.330 e. The maximum Gasteiger partial charge on any atom is 0.0906 e. The highest BCUT2D eigenvalue weighted by Gasteiger charge is 2.39. The monoisotopic (exact) mass is 228 g/mol. The van der Waals surface area contributed by atoms with Gasteiger partial charge < -0.3 is 5.73 Å². The van der Waals surface area contributed by atoms with Gasteiger partial charge in [0.15, 0.2) is 0 Å². The zero-order chi connectivity index (χ0) is 11.7. The normalized spacial score (nSPS) is 17.7. The third-order valence-electron chi connectivity index (χ3n) is 3.76. The Balaban J connectivity index is 1.93. The summed E-state index contributed by atoms with van der Waals surface area (Å²) in [6, 6.07) is 10.0. The zero-order valence-electron chi connectivity index (χ0n) is 9.71. The Morgan fingerprint density at radius 1 is 1.24 bits per heavy atom. The van der Waals surface area contributed by atoms with Crippen LogP contribution >= 0.6 is 0 Å². The van der Waals surface area contributed by atoms with Crippen molar-refractivity contribution in [1.29, 1.82) is 0 Å². The summed E-state index contributed by atoms with van der Waals surface area (Å²) in [4.78, 5) is 0. The van der Waals surface area contributed by atoms with E-state index in [1.165, 1.54) is 6.42 Å². The topological polar surface area (TPSA) is 56.7 Å². The lowest BCUT2D eigenvalue weighted by molar-refractivity contribution is 0.245. The first-order chi connectivity index (χ1) is 8.34. The molecule has 0 atom stereocenters. The van der Waals surface area contributed by atoms with E-state index in [2.05, 4.69) is 10.3 Å². The van der Waals surface area contributed by atoms with Crippen molar-refractivity contribution in [2.75, 3.05) is 6.54 Å². The average molecular weight is 228 g/mol. The summed E-state index contributed by atoms with van der Waals surface area (Å²) in [5.41, 5.74) is 8.04. The quantitative estimate of drug-likeness (QED) is 0.869. The number of hydrogen-bond acceptors (Lipinski definition) is 3. The first-order valence-corrected chi connectivity index (χ1v) is 6.02. The summed E-state index contributed by atoms with van der Waals surface area (Å²) in [6.45, 7) is 0.667. The third-order valence-corrected chi connectivity index (χ3v) is 3.76. The number of para-hydroxylation sites is 1. The summed E-state index contributed by atoms with van der Waals surface area (Å²) in [5, 5.41) is 8.48. The summed E-state index contributed by atoms with van der Waals surface area (Å²) >= 11 is 0. The van der Waals surface area contributed by atoms with Gasteiger partial charge in [0.1, 0.15) is 0 Å². The smallest absolute Gasteiger partial charge is 0.0906 e. The molecule has 0 bridgehead atoms. The number of aromatic nitrogens is 3. The van der Waals surface area contributed by atoms with Crippen LogP contribution in [-0.2, 0) is 5.41 Å². The number of nitrogens with zero attached hydrogens (tertiary/aromatic N) is 3. The lowest BCUT2D eigenvalue weighted by Crippen LogP contribution is -2.41. The third kappa shape index (κ3) is 1.65. The molecule has 88 valence electrons. The molecule has 1 aromatic carbocycles. The molecule has 0 radical (unpaired) electrons. The van der Waals surface area contributed by atoms with Gasteiger partial charge in [-0.1, -0.05) is 29.8 Å². The Morgan fingerprint density at radius 3 is 2.59 bits per heavy atom. The second kappa shape index (κ2) is 3.96. The molecule has 3 rings (SSSR count). The van der Waals surface area contributed by atoms with Crippen LogP contribution in [0.15, 0.2) is 36.5 Å². The lowest BCUT2D eigenvalue weighted by atomic mass is 9.67. The summed E-state index contributed by atoms with van der Waals surface area (Å²) < 4.78 is 1.82. The van der Waals surface area contributed by atoms with Crippen LogP contribution in [-0.4, -0.2) is 21.5 Å². The van der Waals surface area contributed by atoms with Crippen LogP contribution < -0.4 is 5.73 Å². The Labute approximate surface area is 100 Å². The van der Waals surface area contributed by atoms with Crippen molar-refractivity contribution in [3.05, 3.63) is 42.2 Å². The molecule has 0 spiro atoms. The van der Waals surface area contributed by atoms with Crippen molar-refractivity contribution < 1.29 is 0 Å². The molecule has 2 aromatic rings. The fourth-order valence-electron chi connectivity index (χ4n) is 2.38. The minimum atomic E-state index is 0.0903. The molecule has 0 unspecified atom stereocenters. The molecule has 1 aliphatic rings. The van der Waals surface area contributed by atoms with E-state index in [-0.39, 0.29) is 5.41 Å². The van der Waals surface area contributed by atoms with Crippen LogP contribution in [0.5, 0.6) is 0 Å². The number of rotatable bonds is 3. The summed E-state index contributed by atoms with van der Waals surface area (Å²) in [6.07, 6.45) is 5.53. The van der Waals surface area contributed by atoms with Crippen molar-refractivity contribution in [2.24, 2.45) is 5.73 Å². The van der Waals surface area contributed by atoms with Crippen molar-refractivity contribution in [2.45, 2.75) is 24.7 Å². The van der Waals surface area contributed by atoms with Crippen LogP contribution in [0.1, 0.15) is 25.0 Å². The van der Waals surface area contributed by atoms with Crippen LogP contribution in [0.4, 0.5) is 0 Å². The van der Waals surface area contributed by atoms with E-state index >= 15 is 0 Å². The van der Waals surface area contributed by atoms with Gasteiger partial charge >= 0.3 is 0 Å². The van der Waals surface area contributed by atoms with Crippen LogP contribution in [0.3, 0.4) is 0 Å². The Hall–Kier alpha value is -1.68. The Kier molecular flexibility index (Phi) is 2.44. The molecule has 1 aromatic heterocycles. The average Bonchev–Trinajstić information content (AvgIpc) is 2.80. The van der Waals surface area contributed by atoms with Gasteiger partial charge in [-0.05, 0) is 25.0 Å². The highest BCUT2D eigenvalue weighted by atomic mass is 15.4. The first-order valence-electron chi connectivity index (χ1n) is 6.02. The summed E-state index contributed by atoms with van der Waals surface area (Å²) in [7, 11) is 0. The molecular formula is C13H16N4. The van der Waals surface area contributed by atoms with Gasteiger partial charge in [-0.15, -0.1) is 5.10 Å². The fourth-order valence-corrected chi connectivity index (χ4v) is 2.38. The van der Waals surface area contributed by atoms with E-state index < -0.39 is 0 Å². The predicted molar refractivity (Wildman–Crippen MR) is 65.9 cm³/mol. The predicted octanol–water partition coefficient (Wildman–Crippen LogP) is 1.65. The maximum absolute atomic E-state index is 5.87. The molecule has 0 aliphatic heterocycles. The van der Waals surface area contributed by atoms with Gasteiger partial charge in [-0.2, -0.15) is 0 Å². The van der Waals surface area contributed by atoms with Gasteiger partial charge in [0, 0.05) is 12.0 Å². The first kappa shape index (κ1) is 10.5. The highest BCUT2D eigenvalue weighted by molar-refractivity contribution is 5.31. The molecule has 4 nitrogen and oxygen atoms in total. The van der Waals surface area contributed by atoms with Crippen molar-refractivity contribution >= 4 is 0 Å². The van der Waals surface area contributed by atoms with Gasteiger partial charge in [-0.3, -0.25) is 0 Å². The van der Waals surface area contributed by atoms with Crippen LogP contribution in [0, 0.1) is 0 Å². The zero-order valence-corrected chi connectivity index (χ0v) is 9.71.